The van der Waals surface area contributed by atoms with Crippen LogP contribution < -0.4 is 54.4 Å². The van der Waals surface area contributed by atoms with Gasteiger partial charge in [-0.15, -0.1) is 0 Å². The summed E-state index contributed by atoms with van der Waals surface area (Å²) in [5, 5.41) is 28.1. The number of hydrogen-bond donors (Lipinski definition) is 11. The third kappa shape index (κ3) is 19.2. The quantitative estimate of drug-likeness (QED) is 0.0653. The summed E-state index contributed by atoms with van der Waals surface area (Å²) in [5.41, 5.74) is 16.7. The van der Waals surface area contributed by atoms with Crippen molar-refractivity contribution in [3.63, 3.8) is 0 Å². The third-order valence-corrected chi connectivity index (χ3v) is 14.3. The number of benzene rings is 1. The van der Waals surface area contributed by atoms with Crippen molar-refractivity contribution in [1.29, 1.82) is 0 Å². The molecule has 3 rings (SSSR count). The van der Waals surface area contributed by atoms with Crippen LogP contribution in [0, 0.1) is 11.8 Å². The number of primary amides is 3. The second-order valence-corrected chi connectivity index (χ2v) is 20.8. The first kappa shape index (κ1) is 59.2. The molecule has 0 radical (unpaired) electrons. The van der Waals surface area contributed by atoms with Gasteiger partial charge in [-0.1, -0.05) is 67.8 Å². The van der Waals surface area contributed by atoms with Gasteiger partial charge in [0.25, 0.3) is 0 Å². The number of hydrogen-bond acceptors (Lipinski definition) is 15. The number of nitrogens with zero attached hydrogens (tertiary/aromatic N) is 2. The molecule has 2 aliphatic heterocycles. The molecule has 0 saturated carbocycles. The molecular weight excluding hydrogens is 965 g/mol. The zero-order chi connectivity index (χ0) is 53.1. The number of amides is 11. The van der Waals surface area contributed by atoms with Crippen LogP contribution in [0.25, 0.3) is 0 Å². The van der Waals surface area contributed by atoms with E-state index in [2.05, 4.69) is 37.2 Å². The van der Waals surface area contributed by atoms with E-state index in [1.54, 1.807) is 45.0 Å². The minimum Gasteiger partial charge on any atom is -0.508 e. The predicted molar refractivity (Wildman–Crippen MR) is 264 cm³/mol. The molecule has 0 unspecified atom stereocenters. The molecule has 14 N–H and O–H groups in total. The fourth-order valence-electron chi connectivity index (χ4n) is 7.71. The molecule has 0 aromatic heterocycles. The number of aromatic hydroxyl groups is 1. The Hall–Kier alpha value is -6.15. The summed E-state index contributed by atoms with van der Waals surface area (Å²) in [4.78, 5) is 151. The lowest BCUT2D eigenvalue weighted by atomic mass is 9.96. The van der Waals surface area contributed by atoms with Crippen LogP contribution in [0.1, 0.15) is 78.2 Å². The second kappa shape index (κ2) is 28.6. The van der Waals surface area contributed by atoms with Crippen molar-refractivity contribution in [2.24, 2.45) is 29.0 Å². The number of likely N-dealkylation sites (tertiary alicyclic amines) is 1. The summed E-state index contributed by atoms with van der Waals surface area (Å²) in [6.07, 6.45) is -0.597. The monoisotopic (exact) mass is 1030 g/mol. The number of carbonyl (C=O) groups excluding carboxylic acids is 11. The van der Waals surface area contributed by atoms with E-state index in [-0.39, 0.29) is 55.4 Å². The standard InChI is InChI=1S/C45H70N12O12S2/c1-7-24(4)37-44(68)50-27(14-15-34(46)59)39(63)51-30(19-35(47)60)40(64)54-31(45(69)57-16-8-9-32(57)42(66)52-28(17-23(2)3)38(62)49-20-36(48)61)21-70-71-22-33(56(5)6)43(67)53-29(41(65)55-37)18-25-10-12-26(58)13-11-25/h10-13,23-24,27-33,37,58H,7-9,14-22H2,1-6H3,(H2,46,59)(H2,47,60)(H2,48,61)(H,49,62)(H,50,68)(H,51,63)(H,52,66)(H,53,67)(H,54,64)(H,55,65)/t24-,27-,28-,29-,30-,31-,32-,33-,37-/m0/s1. The van der Waals surface area contributed by atoms with E-state index in [9.17, 15) is 57.8 Å². The van der Waals surface area contributed by atoms with E-state index in [0.29, 0.717) is 18.4 Å². The number of phenols is 1. The number of likely N-dealkylation sites (N-methyl/N-ethyl adjacent to an activating group) is 1. The van der Waals surface area contributed by atoms with Gasteiger partial charge in [0.15, 0.2) is 0 Å². The van der Waals surface area contributed by atoms with Crippen molar-refractivity contribution in [3.05, 3.63) is 29.8 Å². The lowest BCUT2D eigenvalue weighted by Crippen LogP contribution is -2.61. The Kier molecular flexibility index (Phi) is 23.9. The second-order valence-electron chi connectivity index (χ2n) is 18.3. The summed E-state index contributed by atoms with van der Waals surface area (Å²) in [6.45, 7) is 6.67. The first-order valence-corrected chi connectivity index (χ1v) is 25.8. The fourth-order valence-corrected chi connectivity index (χ4v) is 10.2. The molecule has 1 aromatic carbocycles. The maximum absolute atomic E-state index is 14.6. The number of carbonyl (C=O) groups is 11. The number of phenolic OH excluding ortho intramolecular Hbond substituents is 1. The first-order valence-electron chi connectivity index (χ1n) is 23.4. The van der Waals surface area contributed by atoms with Crippen molar-refractivity contribution in [2.75, 3.05) is 38.7 Å². The van der Waals surface area contributed by atoms with Crippen LogP contribution in [0.3, 0.4) is 0 Å². The minimum atomic E-state index is -1.74. The highest BCUT2D eigenvalue weighted by atomic mass is 33.1. The predicted octanol–water partition coefficient (Wildman–Crippen LogP) is -3.01. The number of nitrogens with two attached hydrogens (primary N) is 3. The topological polar surface area (TPSA) is 377 Å². The highest BCUT2D eigenvalue weighted by Gasteiger charge is 2.41. The van der Waals surface area contributed by atoms with Crippen molar-refractivity contribution >= 4 is 86.6 Å². The molecule has 2 heterocycles. The first-order chi connectivity index (χ1) is 33.4. The van der Waals surface area contributed by atoms with Crippen LogP contribution in [0.4, 0.5) is 0 Å². The van der Waals surface area contributed by atoms with Crippen LogP contribution in [0.15, 0.2) is 24.3 Å². The zero-order valence-electron chi connectivity index (χ0n) is 40.9. The van der Waals surface area contributed by atoms with Gasteiger partial charge in [0.1, 0.15) is 48.0 Å². The van der Waals surface area contributed by atoms with Gasteiger partial charge in [-0.05, 0) is 69.3 Å². The van der Waals surface area contributed by atoms with Gasteiger partial charge in [-0.3, -0.25) is 57.6 Å². The summed E-state index contributed by atoms with van der Waals surface area (Å²) < 4.78 is 0. The lowest BCUT2D eigenvalue weighted by molar-refractivity contribution is -0.142. The van der Waals surface area contributed by atoms with Crippen molar-refractivity contribution in [3.8, 4) is 5.75 Å². The molecule has 1 aromatic rings. The third-order valence-electron chi connectivity index (χ3n) is 11.9. The molecule has 71 heavy (non-hydrogen) atoms. The molecule has 0 spiro atoms. The fraction of sp³-hybridized carbons (Fsp3) is 0.622. The van der Waals surface area contributed by atoms with Gasteiger partial charge in [0.2, 0.25) is 65.0 Å². The molecule has 394 valence electrons. The van der Waals surface area contributed by atoms with Gasteiger partial charge in [0, 0.05) is 30.9 Å². The molecule has 11 amide bonds. The molecular formula is C45H70N12O12S2. The Labute approximate surface area is 420 Å². The largest absolute Gasteiger partial charge is 0.508 e. The summed E-state index contributed by atoms with van der Waals surface area (Å²) in [5.74, 6) is -9.83. The van der Waals surface area contributed by atoms with Crippen LogP contribution in [0.2, 0.25) is 0 Å². The minimum absolute atomic E-state index is 0.0323. The molecule has 2 aliphatic rings. The summed E-state index contributed by atoms with van der Waals surface area (Å²) in [6, 6.07) is -4.48. The molecule has 2 fully saturated rings. The van der Waals surface area contributed by atoms with E-state index in [1.165, 1.54) is 17.0 Å². The van der Waals surface area contributed by atoms with Crippen LogP contribution in [-0.4, -0.2) is 167 Å². The lowest BCUT2D eigenvalue weighted by Gasteiger charge is -2.31. The maximum Gasteiger partial charge on any atom is 0.246 e. The van der Waals surface area contributed by atoms with Gasteiger partial charge in [-0.25, -0.2) is 0 Å². The average molecular weight is 1040 g/mol. The Morgan fingerprint density at radius 2 is 1.39 bits per heavy atom. The van der Waals surface area contributed by atoms with Crippen LogP contribution in [0.5, 0.6) is 5.75 Å². The van der Waals surface area contributed by atoms with Gasteiger partial charge in [-0.2, -0.15) is 0 Å². The van der Waals surface area contributed by atoms with E-state index < -0.39 is 139 Å². The SMILES string of the molecule is CC[C@H](C)[C@@H]1NC(=O)[C@H](Cc2ccc(O)cc2)NC(=O)[C@@H](N(C)C)CSSC[C@@H](C(=O)N2CCC[C@H]2C(=O)N[C@@H](CC(C)C)C(=O)NCC(N)=O)NC(=O)[C@H](CC(N)=O)NC(=O)[C@H](CCC(N)=O)NC1=O. The van der Waals surface area contributed by atoms with Crippen molar-refractivity contribution < 1.29 is 57.8 Å². The zero-order valence-corrected chi connectivity index (χ0v) is 42.6. The van der Waals surface area contributed by atoms with E-state index in [4.69, 9.17) is 17.2 Å². The highest BCUT2D eigenvalue weighted by molar-refractivity contribution is 8.76. The van der Waals surface area contributed by atoms with Crippen LogP contribution >= 0.6 is 21.6 Å². The Bertz CT molecular complexity index is 2100. The Morgan fingerprint density at radius 1 is 0.789 bits per heavy atom. The average Bonchev–Trinajstić information content (AvgIpc) is 3.80. The number of rotatable bonds is 18. The molecule has 0 bridgehead atoms. The van der Waals surface area contributed by atoms with Gasteiger partial charge < -0.3 is 64.4 Å². The molecule has 0 aliphatic carbocycles. The maximum atomic E-state index is 14.6. The Morgan fingerprint density at radius 3 is 1.99 bits per heavy atom. The van der Waals surface area contributed by atoms with Crippen molar-refractivity contribution in [1.82, 2.24) is 47.0 Å². The summed E-state index contributed by atoms with van der Waals surface area (Å²) >= 11 is 0. The van der Waals surface area contributed by atoms with Gasteiger partial charge in [0.05, 0.1) is 19.0 Å². The Balaban J connectivity index is 2.10. The van der Waals surface area contributed by atoms with Gasteiger partial charge >= 0.3 is 0 Å². The van der Waals surface area contributed by atoms with E-state index in [1.807, 2.05) is 13.8 Å². The molecule has 26 heteroatoms. The smallest absolute Gasteiger partial charge is 0.246 e. The molecule has 2 saturated heterocycles. The van der Waals surface area contributed by atoms with Crippen LogP contribution in [-0.2, 0) is 59.2 Å². The summed E-state index contributed by atoms with van der Waals surface area (Å²) in [7, 11) is 5.52. The normalized spacial score (nSPS) is 24.0. The van der Waals surface area contributed by atoms with E-state index >= 15 is 0 Å². The number of nitrogens with one attached hydrogen (secondary N) is 7. The molecule has 9 atom stereocenters. The van der Waals surface area contributed by atoms with E-state index in [0.717, 1.165) is 21.6 Å². The molecule has 24 nitrogen and oxygen atoms in total. The van der Waals surface area contributed by atoms with Crippen molar-refractivity contribution in [2.45, 2.75) is 127 Å². The highest BCUT2D eigenvalue weighted by Crippen LogP contribution is 2.27.